The summed E-state index contributed by atoms with van der Waals surface area (Å²) in [7, 11) is 0. The molecule has 1 aliphatic rings. The molecule has 0 N–H and O–H groups in total. The summed E-state index contributed by atoms with van der Waals surface area (Å²) >= 11 is 0. The molecular formula is C25H47N3. The lowest BCUT2D eigenvalue weighted by molar-refractivity contribution is 0.269. The van der Waals surface area contributed by atoms with Crippen LogP contribution < -0.4 is 0 Å². The molecule has 0 spiro atoms. The maximum absolute atomic E-state index is 4.63. The topological polar surface area (TPSA) is 30.7 Å². The minimum atomic E-state index is 0.0717. The van der Waals surface area contributed by atoms with Gasteiger partial charge in [0.1, 0.15) is 0 Å². The van der Waals surface area contributed by atoms with Gasteiger partial charge in [-0.25, -0.2) is 4.68 Å². The maximum Gasteiger partial charge on any atom is 0.0856 e. The van der Waals surface area contributed by atoms with Gasteiger partial charge >= 0.3 is 0 Å². The monoisotopic (exact) mass is 389 g/mol. The van der Waals surface area contributed by atoms with E-state index in [9.17, 15) is 0 Å². The number of hydrogen-bond acceptors (Lipinski definition) is 2. The zero-order valence-corrected chi connectivity index (χ0v) is 20.1. The lowest BCUT2D eigenvalue weighted by Gasteiger charge is -2.27. The Morgan fingerprint density at radius 1 is 0.929 bits per heavy atom. The molecule has 0 amide bonds. The summed E-state index contributed by atoms with van der Waals surface area (Å²) in [5.41, 5.74) is 3.20. The molecular weight excluding hydrogens is 342 g/mol. The van der Waals surface area contributed by atoms with Crippen molar-refractivity contribution >= 4 is 0 Å². The van der Waals surface area contributed by atoms with E-state index in [0.29, 0.717) is 5.41 Å². The van der Waals surface area contributed by atoms with E-state index in [1.54, 1.807) is 0 Å². The fourth-order valence-electron chi connectivity index (χ4n) is 5.20. The van der Waals surface area contributed by atoms with Crippen molar-refractivity contribution in [3.8, 4) is 0 Å². The van der Waals surface area contributed by atoms with Crippen molar-refractivity contribution in [2.24, 2.45) is 23.2 Å². The number of rotatable bonds is 13. The predicted octanol–water partition coefficient (Wildman–Crippen LogP) is 7.19. The van der Waals surface area contributed by atoms with Gasteiger partial charge in [0, 0.05) is 0 Å². The van der Waals surface area contributed by atoms with E-state index in [-0.39, 0.29) is 5.54 Å². The highest BCUT2D eigenvalue weighted by molar-refractivity contribution is 5.13. The first kappa shape index (κ1) is 23.4. The fraction of sp³-hybridized carbons (Fsp3) is 0.920. The highest BCUT2D eigenvalue weighted by atomic mass is 15.5. The van der Waals surface area contributed by atoms with E-state index in [4.69, 9.17) is 0 Å². The molecule has 162 valence electrons. The quantitative estimate of drug-likeness (QED) is 0.334. The average molecular weight is 390 g/mol. The lowest BCUT2D eigenvalue weighted by Crippen LogP contribution is -2.29. The van der Waals surface area contributed by atoms with Gasteiger partial charge in [0.05, 0.1) is 16.9 Å². The summed E-state index contributed by atoms with van der Waals surface area (Å²) in [6.45, 7) is 18.8. The Morgan fingerprint density at radius 2 is 1.64 bits per heavy atom. The SMILES string of the molecule is CCCCCC(C)(C)n1nnc(CC)c1CC[C@H]1[C@@H](CC)[C@H]1CC(C)(C)CC. The number of nitrogens with zero attached hydrogens (tertiary/aromatic N) is 3. The number of aryl methyl sites for hydroxylation is 1. The first-order valence-electron chi connectivity index (χ1n) is 12.1. The Morgan fingerprint density at radius 3 is 2.21 bits per heavy atom. The summed E-state index contributed by atoms with van der Waals surface area (Å²) in [6, 6.07) is 0. The third-order valence-electron chi connectivity index (χ3n) is 7.58. The third-order valence-corrected chi connectivity index (χ3v) is 7.58. The van der Waals surface area contributed by atoms with E-state index in [1.807, 2.05) is 0 Å². The smallest absolute Gasteiger partial charge is 0.0856 e. The van der Waals surface area contributed by atoms with Gasteiger partial charge in [0.25, 0.3) is 0 Å². The minimum absolute atomic E-state index is 0.0717. The Kier molecular flexibility index (Phi) is 8.16. The van der Waals surface area contributed by atoms with Crippen LogP contribution in [0, 0.1) is 23.2 Å². The zero-order chi connectivity index (χ0) is 20.9. The molecule has 0 saturated heterocycles. The van der Waals surface area contributed by atoms with Crippen molar-refractivity contribution in [3.05, 3.63) is 11.4 Å². The molecule has 1 aromatic heterocycles. The van der Waals surface area contributed by atoms with Gasteiger partial charge in [-0.05, 0) is 69.1 Å². The number of unbranched alkanes of at least 4 members (excludes halogenated alkanes) is 2. The van der Waals surface area contributed by atoms with E-state index in [0.717, 1.165) is 30.6 Å². The van der Waals surface area contributed by atoms with Crippen LogP contribution >= 0.6 is 0 Å². The standard InChI is InChI=1S/C25H47N3/c1-9-13-14-17-25(7,8)28-23(22(11-3)26-27-28)16-15-20-19(10-2)21(20)18-24(5,6)12-4/h19-21H,9-18H2,1-8H3/t19-,20+,21-/m1/s1. The summed E-state index contributed by atoms with van der Waals surface area (Å²) in [5.74, 6) is 2.79. The molecule has 0 unspecified atom stereocenters. The molecule has 1 heterocycles. The Bertz CT molecular complexity index is 599. The molecule has 2 rings (SSSR count). The van der Waals surface area contributed by atoms with Gasteiger partial charge in [-0.3, -0.25) is 0 Å². The highest BCUT2D eigenvalue weighted by Crippen LogP contribution is 2.56. The van der Waals surface area contributed by atoms with Crippen LogP contribution in [0.1, 0.15) is 118 Å². The minimum Gasteiger partial charge on any atom is -0.244 e. The normalized spacial score (nSPS) is 22.6. The molecule has 0 bridgehead atoms. The van der Waals surface area contributed by atoms with Crippen molar-refractivity contribution in [1.29, 1.82) is 0 Å². The summed E-state index contributed by atoms with van der Waals surface area (Å²) in [5, 5.41) is 9.20. The second kappa shape index (κ2) is 9.76. The van der Waals surface area contributed by atoms with Crippen LogP contribution in [0.2, 0.25) is 0 Å². The molecule has 3 atom stereocenters. The Labute approximate surface area is 175 Å². The van der Waals surface area contributed by atoms with E-state index in [2.05, 4.69) is 70.4 Å². The second-order valence-electron chi connectivity index (χ2n) is 10.7. The van der Waals surface area contributed by atoms with E-state index in [1.165, 1.54) is 62.8 Å². The first-order chi connectivity index (χ1) is 13.2. The van der Waals surface area contributed by atoms with Crippen molar-refractivity contribution in [2.75, 3.05) is 0 Å². The van der Waals surface area contributed by atoms with Crippen molar-refractivity contribution in [3.63, 3.8) is 0 Å². The predicted molar refractivity (Wildman–Crippen MR) is 121 cm³/mol. The maximum atomic E-state index is 4.63. The van der Waals surface area contributed by atoms with Crippen LogP contribution in [-0.2, 0) is 18.4 Å². The van der Waals surface area contributed by atoms with Gasteiger partial charge < -0.3 is 0 Å². The van der Waals surface area contributed by atoms with Crippen molar-refractivity contribution in [1.82, 2.24) is 15.0 Å². The lowest BCUT2D eigenvalue weighted by atomic mass is 9.83. The molecule has 3 nitrogen and oxygen atoms in total. The van der Waals surface area contributed by atoms with Gasteiger partial charge in [0.2, 0.25) is 0 Å². The third kappa shape index (κ3) is 5.60. The van der Waals surface area contributed by atoms with Crippen LogP contribution in [0.4, 0.5) is 0 Å². The molecule has 3 heteroatoms. The van der Waals surface area contributed by atoms with Crippen molar-refractivity contribution < 1.29 is 0 Å². The molecule has 28 heavy (non-hydrogen) atoms. The first-order valence-corrected chi connectivity index (χ1v) is 12.1. The zero-order valence-electron chi connectivity index (χ0n) is 20.1. The van der Waals surface area contributed by atoms with Crippen LogP contribution in [0.25, 0.3) is 0 Å². The van der Waals surface area contributed by atoms with E-state index < -0.39 is 0 Å². The molecule has 0 aromatic carbocycles. The Balaban J connectivity index is 2.06. The van der Waals surface area contributed by atoms with Crippen LogP contribution in [0.3, 0.4) is 0 Å². The molecule has 1 saturated carbocycles. The summed E-state index contributed by atoms with van der Waals surface area (Å²) < 4.78 is 2.29. The highest BCUT2D eigenvalue weighted by Gasteiger charge is 2.49. The largest absolute Gasteiger partial charge is 0.244 e. The number of hydrogen-bond donors (Lipinski definition) is 0. The average Bonchev–Trinajstić information content (AvgIpc) is 3.11. The van der Waals surface area contributed by atoms with Crippen molar-refractivity contribution in [2.45, 2.75) is 125 Å². The fourth-order valence-corrected chi connectivity index (χ4v) is 5.20. The van der Waals surface area contributed by atoms with Crippen LogP contribution in [0.15, 0.2) is 0 Å². The molecule has 1 aromatic rings. The molecule has 1 fully saturated rings. The summed E-state index contributed by atoms with van der Waals surface area (Å²) in [4.78, 5) is 0. The van der Waals surface area contributed by atoms with Gasteiger partial charge in [0.15, 0.2) is 0 Å². The van der Waals surface area contributed by atoms with Crippen LogP contribution in [0.5, 0.6) is 0 Å². The second-order valence-corrected chi connectivity index (χ2v) is 10.7. The molecule has 1 aliphatic carbocycles. The van der Waals surface area contributed by atoms with Gasteiger partial charge in [-0.15, -0.1) is 5.10 Å². The van der Waals surface area contributed by atoms with Gasteiger partial charge in [-0.1, -0.05) is 78.9 Å². The van der Waals surface area contributed by atoms with Crippen LogP contribution in [-0.4, -0.2) is 15.0 Å². The number of aromatic nitrogens is 3. The summed E-state index contributed by atoms with van der Waals surface area (Å²) in [6.07, 6.45) is 12.5. The molecule has 0 radical (unpaired) electrons. The van der Waals surface area contributed by atoms with Gasteiger partial charge in [-0.2, -0.15) is 0 Å². The van der Waals surface area contributed by atoms with E-state index >= 15 is 0 Å². The molecule has 0 aliphatic heterocycles. The Hall–Kier alpha value is -0.860.